The van der Waals surface area contributed by atoms with Crippen LogP contribution < -0.4 is 10.6 Å². The Kier molecular flexibility index (Phi) is 6.65. The van der Waals surface area contributed by atoms with Gasteiger partial charge in [0.1, 0.15) is 0 Å². The molecule has 0 fully saturated rings. The van der Waals surface area contributed by atoms with E-state index in [1.54, 1.807) is 11.4 Å². The van der Waals surface area contributed by atoms with Crippen molar-refractivity contribution in [2.75, 3.05) is 11.1 Å². The molecule has 2 aromatic rings. The summed E-state index contributed by atoms with van der Waals surface area (Å²) in [5.74, 6) is -3.26. The molecule has 0 aliphatic carbocycles. The molecule has 3 rings (SSSR count). The van der Waals surface area contributed by atoms with E-state index in [1.807, 2.05) is 0 Å². The van der Waals surface area contributed by atoms with Gasteiger partial charge in [-0.2, -0.15) is 18.2 Å². The number of aliphatic imine (C=N–C) groups is 2. The standard InChI is InChI=1S/C18H12F3N5O3S2/c19-18(20,21)9-4-1-2-5-10(9)23-12(27)8-31-17-25-14(22)13(16(29)26-17)24-15(28)11-6-3-7-30-11/h1-7H,8H2,(H,23,27)(H2,22,25,26,29). The van der Waals surface area contributed by atoms with Gasteiger partial charge in [-0.15, -0.1) is 11.3 Å². The predicted octanol–water partition coefficient (Wildman–Crippen LogP) is 3.18. The van der Waals surface area contributed by atoms with Gasteiger partial charge in [-0.3, -0.25) is 25.1 Å². The molecule has 0 unspecified atom stereocenters. The number of carbonyl (C=O) groups is 3. The second-order valence-electron chi connectivity index (χ2n) is 5.84. The Balaban J connectivity index is 1.63. The smallest absolute Gasteiger partial charge is 0.325 e. The summed E-state index contributed by atoms with van der Waals surface area (Å²) in [7, 11) is 0. The number of thioether (sulfide) groups is 1. The molecular formula is C18H12F3N5O3S2. The normalized spacial score (nSPS) is 15.5. The van der Waals surface area contributed by atoms with Crippen LogP contribution in [0.15, 0.2) is 51.8 Å². The van der Waals surface area contributed by atoms with Crippen LogP contribution in [-0.2, 0) is 15.8 Å². The van der Waals surface area contributed by atoms with E-state index in [4.69, 9.17) is 5.41 Å². The zero-order valence-corrected chi connectivity index (χ0v) is 17.0. The van der Waals surface area contributed by atoms with Crippen LogP contribution in [0.3, 0.4) is 0 Å². The Labute approximate surface area is 181 Å². The third-order valence-corrected chi connectivity index (χ3v) is 5.40. The van der Waals surface area contributed by atoms with Gasteiger partial charge >= 0.3 is 6.18 Å². The summed E-state index contributed by atoms with van der Waals surface area (Å²) < 4.78 is 39.0. The van der Waals surface area contributed by atoms with Crippen LogP contribution >= 0.6 is 23.1 Å². The van der Waals surface area contributed by atoms with Crippen LogP contribution in [0.25, 0.3) is 0 Å². The molecule has 0 saturated heterocycles. The van der Waals surface area contributed by atoms with Gasteiger partial charge in [-0.25, -0.2) is 4.99 Å². The molecule has 160 valence electrons. The molecule has 0 bridgehead atoms. The van der Waals surface area contributed by atoms with E-state index < -0.39 is 46.7 Å². The molecular weight excluding hydrogens is 455 g/mol. The van der Waals surface area contributed by atoms with Crippen molar-refractivity contribution in [2.45, 2.75) is 6.18 Å². The lowest BCUT2D eigenvalue weighted by atomic mass is 10.1. The van der Waals surface area contributed by atoms with Gasteiger partial charge in [0.25, 0.3) is 11.8 Å². The lowest BCUT2D eigenvalue weighted by Crippen LogP contribution is -2.43. The first kappa shape index (κ1) is 22.4. The number of anilines is 1. The first-order valence-corrected chi connectivity index (χ1v) is 10.3. The Hall–Kier alpha value is -3.32. The topological polar surface area (TPSA) is 124 Å². The highest BCUT2D eigenvalue weighted by Crippen LogP contribution is 2.34. The molecule has 1 aliphatic heterocycles. The van der Waals surface area contributed by atoms with Crippen LogP contribution in [0.2, 0.25) is 0 Å². The van der Waals surface area contributed by atoms with E-state index in [9.17, 15) is 27.6 Å². The Morgan fingerprint density at radius 2 is 1.97 bits per heavy atom. The number of hydrogen-bond donors (Lipinski definition) is 3. The minimum atomic E-state index is -4.64. The summed E-state index contributed by atoms with van der Waals surface area (Å²) >= 11 is 1.83. The van der Waals surface area contributed by atoms with E-state index in [0.717, 1.165) is 23.5 Å². The van der Waals surface area contributed by atoms with Gasteiger partial charge < -0.3 is 5.32 Å². The first-order valence-electron chi connectivity index (χ1n) is 8.39. The van der Waals surface area contributed by atoms with E-state index in [0.29, 0.717) is 11.8 Å². The quantitative estimate of drug-likeness (QED) is 0.639. The molecule has 1 aromatic carbocycles. The van der Waals surface area contributed by atoms with Gasteiger partial charge in [0.05, 0.1) is 21.9 Å². The molecule has 0 atom stereocenters. The molecule has 3 amide bonds. The number of amides is 3. The van der Waals surface area contributed by atoms with Crippen LogP contribution in [0, 0.1) is 5.41 Å². The van der Waals surface area contributed by atoms with E-state index >= 15 is 0 Å². The van der Waals surface area contributed by atoms with Crippen molar-refractivity contribution >= 4 is 63.2 Å². The molecule has 1 aromatic heterocycles. The summed E-state index contributed by atoms with van der Waals surface area (Å²) in [5, 5.41) is 13.8. The van der Waals surface area contributed by atoms with Crippen molar-refractivity contribution in [1.82, 2.24) is 5.32 Å². The lowest BCUT2D eigenvalue weighted by Gasteiger charge is -2.15. The van der Waals surface area contributed by atoms with Gasteiger partial charge in [0.15, 0.2) is 16.7 Å². The number of hydrogen-bond acceptors (Lipinski definition) is 6. The molecule has 0 radical (unpaired) electrons. The van der Waals surface area contributed by atoms with Crippen LogP contribution in [0.5, 0.6) is 0 Å². The van der Waals surface area contributed by atoms with E-state index in [2.05, 4.69) is 20.6 Å². The molecule has 13 heteroatoms. The number of nitrogens with one attached hydrogen (secondary N) is 3. The number of alkyl halides is 3. The fourth-order valence-electron chi connectivity index (χ4n) is 2.33. The second-order valence-corrected chi connectivity index (χ2v) is 7.75. The van der Waals surface area contributed by atoms with Crippen LogP contribution in [0.4, 0.5) is 18.9 Å². The summed E-state index contributed by atoms with van der Waals surface area (Å²) in [6.07, 6.45) is -4.64. The highest BCUT2D eigenvalue weighted by molar-refractivity contribution is 8.14. The maximum absolute atomic E-state index is 13.0. The van der Waals surface area contributed by atoms with E-state index in [1.165, 1.54) is 18.2 Å². The number of para-hydroxylation sites is 1. The average Bonchev–Trinajstić information content (AvgIpc) is 3.23. The van der Waals surface area contributed by atoms with Crippen LogP contribution in [0.1, 0.15) is 15.2 Å². The SMILES string of the molecule is N=C1N=C(SCC(=O)Nc2ccccc2C(F)(F)F)NC(=O)C1=NC(=O)c1cccs1. The summed E-state index contributed by atoms with van der Waals surface area (Å²) in [4.78, 5) is 43.9. The third-order valence-electron chi connectivity index (χ3n) is 3.67. The molecule has 3 N–H and O–H groups in total. The Morgan fingerprint density at radius 3 is 2.61 bits per heavy atom. The number of carbonyl (C=O) groups excluding carboxylic acids is 3. The summed E-state index contributed by atoms with van der Waals surface area (Å²) in [6, 6.07) is 7.66. The molecule has 1 aliphatic rings. The van der Waals surface area contributed by atoms with Gasteiger partial charge in [-0.1, -0.05) is 30.0 Å². The first-order chi connectivity index (χ1) is 14.6. The maximum atomic E-state index is 13.0. The monoisotopic (exact) mass is 467 g/mol. The van der Waals surface area contributed by atoms with Crippen LogP contribution in [-0.4, -0.2) is 40.2 Å². The number of halogens is 3. The average molecular weight is 467 g/mol. The van der Waals surface area contributed by atoms with Gasteiger partial charge in [0.2, 0.25) is 5.91 Å². The van der Waals surface area contributed by atoms with Crippen molar-refractivity contribution in [3.63, 3.8) is 0 Å². The fourth-order valence-corrected chi connectivity index (χ4v) is 3.60. The summed E-state index contributed by atoms with van der Waals surface area (Å²) in [5.41, 5.74) is -1.87. The van der Waals surface area contributed by atoms with E-state index in [-0.39, 0.29) is 15.8 Å². The number of amidine groups is 2. The molecule has 8 nitrogen and oxygen atoms in total. The predicted molar refractivity (Wildman–Crippen MR) is 112 cm³/mol. The third kappa shape index (κ3) is 5.64. The largest absolute Gasteiger partial charge is 0.418 e. The Morgan fingerprint density at radius 1 is 1.23 bits per heavy atom. The minimum absolute atomic E-state index is 0.114. The van der Waals surface area contributed by atoms with Crippen molar-refractivity contribution in [2.24, 2.45) is 9.98 Å². The highest BCUT2D eigenvalue weighted by Gasteiger charge is 2.33. The molecule has 2 heterocycles. The van der Waals surface area contributed by atoms with Crippen molar-refractivity contribution in [1.29, 1.82) is 5.41 Å². The fraction of sp³-hybridized carbons (Fsp3) is 0.111. The zero-order chi connectivity index (χ0) is 22.6. The minimum Gasteiger partial charge on any atom is -0.325 e. The Bertz CT molecular complexity index is 1110. The second kappa shape index (κ2) is 9.22. The number of thiophene rings is 1. The molecule has 0 spiro atoms. The van der Waals surface area contributed by atoms with Crippen molar-refractivity contribution in [3.8, 4) is 0 Å². The number of nitrogens with zero attached hydrogens (tertiary/aromatic N) is 2. The molecule has 0 saturated carbocycles. The maximum Gasteiger partial charge on any atom is 0.418 e. The van der Waals surface area contributed by atoms with Crippen molar-refractivity contribution in [3.05, 3.63) is 52.2 Å². The summed E-state index contributed by atoms with van der Waals surface area (Å²) in [6.45, 7) is 0. The highest BCUT2D eigenvalue weighted by atomic mass is 32.2. The lowest BCUT2D eigenvalue weighted by molar-refractivity contribution is -0.137. The van der Waals surface area contributed by atoms with Crippen molar-refractivity contribution < 1.29 is 27.6 Å². The molecule has 31 heavy (non-hydrogen) atoms. The number of benzene rings is 1. The zero-order valence-electron chi connectivity index (χ0n) is 15.3. The van der Waals surface area contributed by atoms with Gasteiger partial charge in [-0.05, 0) is 23.6 Å². The number of rotatable bonds is 4. The van der Waals surface area contributed by atoms with Gasteiger partial charge in [0, 0.05) is 0 Å².